The molecule has 0 bridgehead atoms. The molecule has 0 aromatic carbocycles. The largest absolute Gasteiger partial charge is 0.300 e. The maximum atomic E-state index is 11.8. The number of allylic oxidation sites excluding steroid dienone is 2. The van der Waals surface area contributed by atoms with Crippen LogP contribution in [0.1, 0.15) is 71.1 Å². The van der Waals surface area contributed by atoms with Crippen LogP contribution in [-0.4, -0.2) is 5.78 Å². The second-order valence-corrected chi connectivity index (χ2v) is 5.04. The van der Waals surface area contributed by atoms with Gasteiger partial charge in [-0.3, -0.25) is 4.79 Å². The molecule has 0 radical (unpaired) electrons. The number of carbonyl (C=O) groups is 1. The molecule has 0 aromatic heterocycles. The van der Waals surface area contributed by atoms with Gasteiger partial charge < -0.3 is 0 Å². The molecule has 1 saturated carbocycles. The SMILES string of the molecule is C/C=C/C1CCCCCCCCCC(=O)C1. The van der Waals surface area contributed by atoms with Gasteiger partial charge in [-0.1, -0.05) is 50.7 Å². The zero-order valence-corrected chi connectivity index (χ0v) is 10.7. The molecule has 0 amide bonds. The number of hydrogen-bond acceptors (Lipinski definition) is 1. The number of rotatable bonds is 1. The van der Waals surface area contributed by atoms with E-state index in [1.54, 1.807) is 0 Å². The third-order valence-electron chi connectivity index (χ3n) is 3.49. The van der Waals surface area contributed by atoms with Gasteiger partial charge in [0, 0.05) is 12.8 Å². The van der Waals surface area contributed by atoms with Gasteiger partial charge in [0.1, 0.15) is 5.78 Å². The third kappa shape index (κ3) is 6.09. The first-order chi connectivity index (χ1) is 7.83. The van der Waals surface area contributed by atoms with Crippen molar-refractivity contribution in [3.8, 4) is 0 Å². The quantitative estimate of drug-likeness (QED) is 0.590. The maximum Gasteiger partial charge on any atom is 0.133 e. The van der Waals surface area contributed by atoms with E-state index in [4.69, 9.17) is 0 Å². The van der Waals surface area contributed by atoms with Crippen molar-refractivity contribution < 1.29 is 4.79 Å². The highest BCUT2D eigenvalue weighted by molar-refractivity contribution is 5.78. The second-order valence-electron chi connectivity index (χ2n) is 5.04. The van der Waals surface area contributed by atoms with E-state index in [9.17, 15) is 4.79 Å². The van der Waals surface area contributed by atoms with E-state index in [-0.39, 0.29) is 0 Å². The van der Waals surface area contributed by atoms with Crippen molar-refractivity contribution >= 4 is 5.78 Å². The van der Waals surface area contributed by atoms with Crippen LogP contribution in [0.4, 0.5) is 0 Å². The lowest BCUT2D eigenvalue weighted by atomic mass is 9.92. The molecule has 0 aromatic rings. The predicted octanol–water partition coefficient (Wildman–Crippen LogP) is 4.66. The van der Waals surface area contributed by atoms with Gasteiger partial charge in [0.2, 0.25) is 0 Å². The molecular formula is C15H26O. The Morgan fingerprint density at radius 2 is 1.62 bits per heavy atom. The van der Waals surface area contributed by atoms with Crippen molar-refractivity contribution in [2.75, 3.05) is 0 Å². The van der Waals surface area contributed by atoms with E-state index < -0.39 is 0 Å². The van der Waals surface area contributed by atoms with Gasteiger partial charge in [-0.15, -0.1) is 0 Å². The van der Waals surface area contributed by atoms with Crippen LogP contribution in [0, 0.1) is 5.92 Å². The molecule has 1 nitrogen and oxygen atoms in total. The summed E-state index contributed by atoms with van der Waals surface area (Å²) in [5, 5.41) is 0. The first-order valence-electron chi connectivity index (χ1n) is 6.97. The van der Waals surface area contributed by atoms with Gasteiger partial charge in [-0.05, 0) is 25.7 Å². The molecular weight excluding hydrogens is 196 g/mol. The lowest BCUT2D eigenvalue weighted by Crippen LogP contribution is -2.07. The standard InChI is InChI=1S/C15H26O/c1-2-10-14-11-8-6-4-3-5-7-9-12-15(16)13-14/h2,10,14H,3-9,11-13H2,1H3/b10-2+. The minimum atomic E-state index is 0.476. The van der Waals surface area contributed by atoms with Crippen molar-refractivity contribution in [1.29, 1.82) is 0 Å². The van der Waals surface area contributed by atoms with Gasteiger partial charge in [0.25, 0.3) is 0 Å². The Kier molecular flexibility index (Phi) is 7.20. The lowest BCUT2D eigenvalue weighted by molar-refractivity contribution is -0.119. The fourth-order valence-corrected chi connectivity index (χ4v) is 2.55. The summed E-state index contributed by atoms with van der Waals surface area (Å²) in [6.45, 7) is 2.06. The average Bonchev–Trinajstić information content (AvgIpc) is 2.25. The molecule has 1 heteroatoms. The molecule has 1 fully saturated rings. The smallest absolute Gasteiger partial charge is 0.133 e. The van der Waals surface area contributed by atoms with E-state index in [0.29, 0.717) is 11.7 Å². The highest BCUT2D eigenvalue weighted by Gasteiger charge is 2.11. The molecule has 0 aliphatic heterocycles. The van der Waals surface area contributed by atoms with E-state index in [2.05, 4.69) is 19.1 Å². The van der Waals surface area contributed by atoms with Crippen LogP contribution in [0.3, 0.4) is 0 Å². The highest BCUT2D eigenvalue weighted by atomic mass is 16.1. The molecule has 0 saturated heterocycles. The van der Waals surface area contributed by atoms with Gasteiger partial charge in [-0.2, -0.15) is 0 Å². The summed E-state index contributed by atoms with van der Waals surface area (Å²) >= 11 is 0. The van der Waals surface area contributed by atoms with Crippen LogP contribution in [0.2, 0.25) is 0 Å². The van der Waals surface area contributed by atoms with E-state index in [0.717, 1.165) is 19.3 Å². The molecule has 92 valence electrons. The second kappa shape index (κ2) is 8.55. The Morgan fingerprint density at radius 1 is 1.00 bits per heavy atom. The Hall–Kier alpha value is -0.590. The first-order valence-corrected chi connectivity index (χ1v) is 6.97. The molecule has 1 unspecified atom stereocenters. The Labute approximate surface area is 100 Å². The topological polar surface area (TPSA) is 17.1 Å². The van der Waals surface area contributed by atoms with Crippen LogP contribution in [0.25, 0.3) is 0 Å². The van der Waals surface area contributed by atoms with Gasteiger partial charge >= 0.3 is 0 Å². The van der Waals surface area contributed by atoms with E-state index in [1.807, 2.05) is 0 Å². The minimum Gasteiger partial charge on any atom is -0.300 e. The minimum absolute atomic E-state index is 0.476. The average molecular weight is 222 g/mol. The number of hydrogen-bond donors (Lipinski definition) is 0. The van der Waals surface area contributed by atoms with Crippen molar-refractivity contribution in [3.05, 3.63) is 12.2 Å². The summed E-state index contributed by atoms with van der Waals surface area (Å²) < 4.78 is 0. The summed E-state index contributed by atoms with van der Waals surface area (Å²) in [7, 11) is 0. The van der Waals surface area contributed by atoms with E-state index >= 15 is 0 Å². The third-order valence-corrected chi connectivity index (χ3v) is 3.49. The first kappa shape index (κ1) is 13.5. The number of carbonyl (C=O) groups excluding carboxylic acids is 1. The van der Waals surface area contributed by atoms with Crippen molar-refractivity contribution in [2.24, 2.45) is 5.92 Å². The molecule has 0 heterocycles. The van der Waals surface area contributed by atoms with Crippen LogP contribution < -0.4 is 0 Å². The fraction of sp³-hybridized carbons (Fsp3) is 0.800. The summed E-state index contributed by atoms with van der Waals surface area (Å²) in [5.41, 5.74) is 0. The maximum absolute atomic E-state index is 11.8. The lowest BCUT2D eigenvalue weighted by Gasteiger charge is -2.13. The normalized spacial score (nSPS) is 26.3. The van der Waals surface area contributed by atoms with Gasteiger partial charge in [0.05, 0.1) is 0 Å². The van der Waals surface area contributed by atoms with Crippen molar-refractivity contribution in [1.82, 2.24) is 0 Å². The molecule has 1 aliphatic rings. The molecule has 1 aliphatic carbocycles. The summed E-state index contributed by atoms with van der Waals surface area (Å²) in [4.78, 5) is 11.8. The van der Waals surface area contributed by atoms with Crippen LogP contribution in [0.5, 0.6) is 0 Å². The van der Waals surface area contributed by atoms with Crippen molar-refractivity contribution in [2.45, 2.75) is 71.1 Å². The molecule has 0 spiro atoms. The predicted molar refractivity (Wildman–Crippen MR) is 69.5 cm³/mol. The Bertz CT molecular complexity index is 217. The van der Waals surface area contributed by atoms with Crippen molar-refractivity contribution in [3.63, 3.8) is 0 Å². The highest BCUT2D eigenvalue weighted by Crippen LogP contribution is 2.20. The van der Waals surface area contributed by atoms with Crippen LogP contribution in [-0.2, 0) is 4.79 Å². The summed E-state index contributed by atoms with van der Waals surface area (Å²) in [5.74, 6) is 0.987. The summed E-state index contributed by atoms with van der Waals surface area (Å²) in [6.07, 6.45) is 16.2. The number of ketones is 1. The van der Waals surface area contributed by atoms with Crippen LogP contribution in [0.15, 0.2) is 12.2 Å². The summed E-state index contributed by atoms with van der Waals surface area (Å²) in [6, 6.07) is 0. The van der Waals surface area contributed by atoms with Crippen LogP contribution >= 0.6 is 0 Å². The zero-order chi connectivity index (χ0) is 11.6. The molecule has 1 rings (SSSR count). The monoisotopic (exact) mass is 222 g/mol. The Morgan fingerprint density at radius 3 is 2.31 bits per heavy atom. The Balaban J connectivity index is 2.41. The van der Waals surface area contributed by atoms with E-state index in [1.165, 1.54) is 44.9 Å². The molecule has 0 N–H and O–H groups in total. The zero-order valence-electron chi connectivity index (χ0n) is 10.7. The van der Waals surface area contributed by atoms with Gasteiger partial charge in [0.15, 0.2) is 0 Å². The molecule has 16 heavy (non-hydrogen) atoms. The fourth-order valence-electron chi connectivity index (χ4n) is 2.55. The molecule has 1 atom stereocenters. The number of Topliss-reactive ketones (excluding diaryl/α,β-unsaturated/α-hetero) is 1. The van der Waals surface area contributed by atoms with Gasteiger partial charge in [-0.25, -0.2) is 0 Å².